The third kappa shape index (κ3) is 2.06. The number of Topliss-reactive ketones (excluding diaryl/α,β-unsaturated/α-hetero) is 1. The summed E-state index contributed by atoms with van der Waals surface area (Å²) in [6.45, 7) is 7.10. The Morgan fingerprint density at radius 2 is 1.96 bits per heavy atom. The van der Waals surface area contributed by atoms with Crippen molar-refractivity contribution >= 4 is 11.6 Å². The predicted molar refractivity (Wildman–Crippen MR) is 90.9 cm³/mol. The van der Waals surface area contributed by atoms with Gasteiger partial charge in [0.2, 0.25) is 0 Å². The van der Waals surface area contributed by atoms with Gasteiger partial charge < -0.3 is 0 Å². The third-order valence-corrected chi connectivity index (χ3v) is 8.35. The van der Waals surface area contributed by atoms with E-state index in [0.717, 1.165) is 38.5 Å². The van der Waals surface area contributed by atoms with Gasteiger partial charge in [0.15, 0.2) is 5.78 Å². The molecule has 0 radical (unpaired) electrons. The molecule has 4 aliphatic rings. The Bertz CT molecular complexity index is 589. The van der Waals surface area contributed by atoms with Crippen molar-refractivity contribution in [2.75, 3.05) is 0 Å². The molecule has 0 amide bonds. The van der Waals surface area contributed by atoms with Crippen LogP contribution in [0.25, 0.3) is 0 Å². The highest BCUT2D eigenvalue weighted by molar-refractivity contribution is 5.91. The lowest BCUT2D eigenvalue weighted by Crippen LogP contribution is -2.52. The van der Waals surface area contributed by atoms with Crippen molar-refractivity contribution in [3.05, 3.63) is 11.6 Å². The number of ketones is 2. The van der Waals surface area contributed by atoms with Gasteiger partial charge in [0.25, 0.3) is 0 Å². The van der Waals surface area contributed by atoms with Crippen LogP contribution in [0.15, 0.2) is 11.6 Å². The fourth-order valence-electron chi connectivity index (χ4n) is 7.07. The quantitative estimate of drug-likeness (QED) is 0.701. The number of carbonyl (C=O) groups is 2. The molecule has 4 rings (SSSR count). The van der Waals surface area contributed by atoms with Crippen molar-refractivity contribution in [3.8, 4) is 0 Å². The van der Waals surface area contributed by atoms with E-state index >= 15 is 0 Å². The van der Waals surface area contributed by atoms with E-state index in [0.29, 0.717) is 40.7 Å². The van der Waals surface area contributed by atoms with Gasteiger partial charge in [-0.1, -0.05) is 26.3 Å². The number of hydrogen-bond donors (Lipinski definition) is 0. The van der Waals surface area contributed by atoms with Crippen LogP contribution in [0.1, 0.15) is 72.1 Å². The highest BCUT2D eigenvalue weighted by atomic mass is 16.1. The van der Waals surface area contributed by atoms with Gasteiger partial charge in [0.1, 0.15) is 5.78 Å². The summed E-state index contributed by atoms with van der Waals surface area (Å²) in [5, 5.41) is 0. The number of carbonyl (C=O) groups excluding carboxylic acids is 2. The first-order chi connectivity index (χ1) is 10.9. The Labute approximate surface area is 140 Å². The van der Waals surface area contributed by atoms with Crippen molar-refractivity contribution in [1.29, 1.82) is 0 Å². The van der Waals surface area contributed by atoms with Crippen molar-refractivity contribution in [2.45, 2.75) is 72.1 Å². The van der Waals surface area contributed by atoms with Gasteiger partial charge in [-0.3, -0.25) is 9.59 Å². The minimum Gasteiger partial charge on any atom is -0.300 e. The Kier molecular flexibility index (Phi) is 3.42. The predicted octanol–water partition coefficient (Wildman–Crippen LogP) is 4.72. The van der Waals surface area contributed by atoms with Crippen LogP contribution in [0.4, 0.5) is 0 Å². The van der Waals surface area contributed by atoms with E-state index in [-0.39, 0.29) is 5.41 Å². The summed E-state index contributed by atoms with van der Waals surface area (Å²) in [4.78, 5) is 24.2. The average molecular weight is 314 g/mol. The van der Waals surface area contributed by atoms with Gasteiger partial charge in [0.05, 0.1) is 0 Å². The smallest absolute Gasteiger partial charge is 0.155 e. The van der Waals surface area contributed by atoms with Crippen molar-refractivity contribution in [3.63, 3.8) is 0 Å². The average Bonchev–Trinajstić information content (AvgIpc) is 2.86. The summed E-state index contributed by atoms with van der Waals surface area (Å²) in [6.07, 6.45) is 10.1. The van der Waals surface area contributed by atoms with E-state index in [9.17, 15) is 9.59 Å². The maximum atomic E-state index is 12.3. The Morgan fingerprint density at radius 1 is 1.17 bits per heavy atom. The topological polar surface area (TPSA) is 34.1 Å². The fraction of sp³-hybridized carbons (Fsp3) is 0.810. The first-order valence-electron chi connectivity index (χ1n) is 9.65. The van der Waals surface area contributed by atoms with Gasteiger partial charge in [-0.15, -0.1) is 0 Å². The summed E-state index contributed by atoms with van der Waals surface area (Å²) >= 11 is 0. The summed E-state index contributed by atoms with van der Waals surface area (Å²) < 4.78 is 0. The van der Waals surface area contributed by atoms with Crippen LogP contribution < -0.4 is 0 Å². The van der Waals surface area contributed by atoms with Gasteiger partial charge in [-0.2, -0.15) is 0 Å². The molecule has 0 aliphatic heterocycles. The second kappa shape index (κ2) is 5.04. The van der Waals surface area contributed by atoms with Gasteiger partial charge >= 0.3 is 0 Å². The molecule has 0 heterocycles. The number of allylic oxidation sites excluding steroid dienone is 1. The Morgan fingerprint density at radius 3 is 2.70 bits per heavy atom. The van der Waals surface area contributed by atoms with E-state index < -0.39 is 0 Å². The lowest BCUT2D eigenvalue weighted by Gasteiger charge is -2.59. The molecule has 0 bridgehead atoms. The standard InChI is InChI=1S/C21H30O2/c1-4-21-8-6-17-19(18(21)11-16(23)12-21)13(2)9-14-10-15(22)5-7-20(14,17)3/h10,13,17-19H,4-9,11-12H2,1-3H3/t13-,17?,18?,19?,20-,21?/m0/s1. The van der Waals surface area contributed by atoms with Crippen LogP contribution in [-0.4, -0.2) is 11.6 Å². The first kappa shape index (κ1) is 15.6. The van der Waals surface area contributed by atoms with Gasteiger partial charge in [-0.05, 0) is 72.7 Å². The number of hydrogen-bond acceptors (Lipinski definition) is 2. The zero-order valence-corrected chi connectivity index (χ0v) is 14.9. The summed E-state index contributed by atoms with van der Waals surface area (Å²) in [5.41, 5.74) is 1.95. The van der Waals surface area contributed by atoms with Crippen LogP contribution in [0.3, 0.4) is 0 Å². The molecule has 2 heteroatoms. The molecular formula is C21H30O2. The van der Waals surface area contributed by atoms with Crippen molar-refractivity contribution in [1.82, 2.24) is 0 Å². The maximum Gasteiger partial charge on any atom is 0.155 e. The zero-order chi connectivity index (χ0) is 16.4. The monoisotopic (exact) mass is 314 g/mol. The molecule has 0 aromatic rings. The van der Waals surface area contributed by atoms with E-state index in [4.69, 9.17) is 0 Å². The van der Waals surface area contributed by atoms with E-state index in [1.165, 1.54) is 18.4 Å². The van der Waals surface area contributed by atoms with Crippen LogP contribution in [0.2, 0.25) is 0 Å². The van der Waals surface area contributed by atoms with Crippen LogP contribution >= 0.6 is 0 Å². The van der Waals surface area contributed by atoms with Gasteiger partial charge in [-0.25, -0.2) is 0 Å². The SMILES string of the molecule is CCC12CCC3C(C1CC(=O)C2)[C@@H](C)CC1=CC(=O)CC[C@@]13C. The van der Waals surface area contributed by atoms with E-state index in [2.05, 4.69) is 20.8 Å². The molecule has 0 saturated heterocycles. The third-order valence-electron chi connectivity index (χ3n) is 8.35. The molecule has 0 N–H and O–H groups in total. The molecule has 0 aromatic carbocycles. The normalized spacial score (nSPS) is 49.3. The van der Waals surface area contributed by atoms with E-state index in [1.54, 1.807) is 0 Å². The number of fused-ring (bicyclic) bond motifs is 5. The fourth-order valence-corrected chi connectivity index (χ4v) is 7.07. The molecule has 3 fully saturated rings. The van der Waals surface area contributed by atoms with Crippen molar-refractivity contribution < 1.29 is 9.59 Å². The molecule has 4 aliphatic carbocycles. The zero-order valence-electron chi connectivity index (χ0n) is 14.9. The molecular weight excluding hydrogens is 284 g/mol. The maximum absolute atomic E-state index is 12.3. The molecule has 23 heavy (non-hydrogen) atoms. The lowest BCUT2D eigenvalue weighted by molar-refractivity contribution is -0.118. The molecule has 126 valence electrons. The van der Waals surface area contributed by atoms with E-state index in [1.807, 2.05) is 6.08 Å². The molecule has 6 atom stereocenters. The Balaban J connectivity index is 1.75. The van der Waals surface area contributed by atoms with Gasteiger partial charge in [0, 0.05) is 19.3 Å². The molecule has 0 spiro atoms. The van der Waals surface area contributed by atoms with Crippen molar-refractivity contribution in [2.24, 2.45) is 34.5 Å². The molecule has 3 saturated carbocycles. The minimum absolute atomic E-state index is 0.219. The highest BCUT2D eigenvalue weighted by Crippen LogP contribution is 2.66. The second-order valence-electron chi connectivity index (χ2n) is 9.20. The lowest BCUT2D eigenvalue weighted by atomic mass is 9.45. The Hall–Kier alpha value is -0.920. The highest BCUT2D eigenvalue weighted by Gasteiger charge is 2.60. The molecule has 2 nitrogen and oxygen atoms in total. The second-order valence-corrected chi connectivity index (χ2v) is 9.20. The minimum atomic E-state index is 0.219. The molecule has 0 aromatic heterocycles. The van der Waals surface area contributed by atoms with Crippen LogP contribution in [-0.2, 0) is 9.59 Å². The van der Waals surface area contributed by atoms with Crippen LogP contribution in [0, 0.1) is 34.5 Å². The first-order valence-corrected chi connectivity index (χ1v) is 9.65. The largest absolute Gasteiger partial charge is 0.300 e. The summed E-state index contributed by atoms with van der Waals surface area (Å²) in [5.74, 6) is 3.43. The number of rotatable bonds is 1. The summed E-state index contributed by atoms with van der Waals surface area (Å²) in [7, 11) is 0. The van der Waals surface area contributed by atoms with Crippen LogP contribution in [0.5, 0.6) is 0 Å². The molecule has 4 unspecified atom stereocenters. The summed E-state index contributed by atoms with van der Waals surface area (Å²) in [6, 6.07) is 0.